The number of rotatable bonds is 5. The van der Waals surface area contributed by atoms with Crippen LogP contribution in [0.15, 0.2) is 0 Å². The van der Waals surface area contributed by atoms with Crippen LogP contribution in [0.2, 0.25) is 0 Å². The third kappa shape index (κ3) is 2.48. The summed E-state index contributed by atoms with van der Waals surface area (Å²) in [6.07, 6.45) is 7.21. The molecule has 4 unspecified atom stereocenters. The summed E-state index contributed by atoms with van der Waals surface area (Å²) in [7, 11) is 0. The van der Waals surface area contributed by atoms with Gasteiger partial charge in [0.15, 0.2) is 0 Å². The lowest BCUT2D eigenvalue weighted by Gasteiger charge is -2.45. The van der Waals surface area contributed by atoms with Gasteiger partial charge in [-0.1, -0.05) is 47.0 Å². The van der Waals surface area contributed by atoms with Crippen molar-refractivity contribution in [3.05, 3.63) is 0 Å². The van der Waals surface area contributed by atoms with E-state index in [1.165, 1.54) is 32.1 Å². The Morgan fingerprint density at radius 1 is 1.08 bits per heavy atom. The fourth-order valence-corrected chi connectivity index (χ4v) is 3.02. The van der Waals surface area contributed by atoms with Crippen LogP contribution in [0, 0.1) is 23.7 Å². The van der Waals surface area contributed by atoms with Crippen molar-refractivity contribution in [3.8, 4) is 0 Å². The molecule has 78 valence electrons. The van der Waals surface area contributed by atoms with Gasteiger partial charge in [0, 0.05) is 0 Å². The molecule has 0 N–H and O–H groups in total. The lowest BCUT2D eigenvalue weighted by Crippen LogP contribution is -2.36. The molecule has 1 aliphatic carbocycles. The van der Waals surface area contributed by atoms with Crippen LogP contribution in [0.5, 0.6) is 0 Å². The highest BCUT2D eigenvalue weighted by molar-refractivity contribution is 4.88. The Morgan fingerprint density at radius 3 is 2.23 bits per heavy atom. The predicted octanol–water partition coefficient (Wildman–Crippen LogP) is 4.49. The first kappa shape index (κ1) is 11.1. The van der Waals surface area contributed by atoms with E-state index >= 15 is 0 Å². The number of hydrogen-bond acceptors (Lipinski definition) is 0. The van der Waals surface area contributed by atoms with E-state index in [0.717, 1.165) is 23.7 Å². The second-order valence-electron chi connectivity index (χ2n) is 4.99. The van der Waals surface area contributed by atoms with Crippen LogP contribution in [0.25, 0.3) is 0 Å². The molecule has 0 spiro atoms. The van der Waals surface area contributed by atoms with Crippen molar-refractivity contribution in [2.45, 2.75) is 59.8 Å². The van der Waals surface area contributed by atoms with Gasteiger partial charge in [0.2, 0.25) is 0 Å². The zero-order chi connectivity index (χ0) is 9.84. The van der Waals surface area contributed by atoms with E-state index in [9.17, 15) is 0 Å². The summed E-state index contributed by atoms with van der Waals surface area (Å²) in [4.78, 5) is 0. The van der Waals surface area contributed by atoms with Gasteiger partial charge in [0.1, 0.15) is 0 Å². The van der Waals surface area contributed by atoms with Crippen LogP contribution in [0.4, 0.5) is 0 Å². The Hall–Kier alpha value is 0. The van der Waals surface area contributed by atoms with E-state index in [2.05, 4.69) is 27.7 Å². The molecule has 0 aromatic heterocycles. The standard InChI is InChI=1S/C13H26/c1-5-10(4)8-12-9-11(6-2)13(12)7-3/h10-13H,5-9H2,1-4H3. The van der Waals surface area contributed by atoms with Crippen LogP contribution < -0.4 is 0 Å². The molecule has 4 atom stereocenters. The second kappa shape index (κ2) is 5.02. The maximum absolute atomic E-state index is 2.41. The first-order chi connectivity index (χ1) is 6.22. The highest BCUT2D eigenvalue weighted by Crippen LogP contribution is 2.47. The summed E-state index contributed by atoms with van der Waals surface area (Å²) in [5, 5.41) is 0. The molecule has 0 radical (unpaired) electrons. The van der Waals surface area contributed by atoms with E-state index in [1.807, 2.05) is 0 Å². The molecule has 0 heterocycles. The van der Waals surface area contributed by atoms with E-state index in [1.54, 1.807) is 0 Å². The third-order valence-electron chi connectivity index (χ3n) is 4.21. The van der Waals surface area contributed by atoms with Crippen LogP contribution in [0.1, 0.15) is 59.8 Å². The molecule has 0 aromatic carbocycles. The fourth-order valence-electron chi connectivity index (χ4n) is 3.02. The summed E-state index contributed by atoms with van der Waals surface area (Å²) in [6, 6.07) is 0. The van der Waals surface area contributed by atoms with Crippen LogP contribution in [-0.4, -0.2) is 0 Å². The normalized spacial score (nSPS) is 35.5. The molecule has 0 nitrogen and oxygen atoms in total. The van der Waals surface area contributed by atoms with Crippen molar-refractivity contribution in [2.75, 3.05) is 0 Å². The van der Waals surface area contributed by atoms with Crippen molar-refractivity contribution in [3.63, 3.8) is 0 Å². The summed E-state index contributed by atoms with van der Waals surface area (Å²) >= 11 is 0. The summed E-state index contributed by atoms with van der Waals surface area (Å²) < 4.78 is 0. The molecule has 1 aliphatic rings. The molecule has 0 aromatic rings. The molecular formula is C13H26. The maximum Gasteiger partial charge on any atom is -0.0360 e. The van der Waals surface area contributed by atoms with Crippen molar-refractivity contribution in [2.24, 2.45) is 23.7 Å². The van der Waals surface area contributed by atoms with Gasteiger partial charge in [-0.2, -0.15) is 0 Å². The van der Waals surface area contributed by atoms with Crippen LogP contribution in [0.3, 0.4) is 0 Å². The Kier molecular flexibility index (Phi) is 4.28. The van der Waals surface area contributed by atoms with Gasteiger partial charge in [0.05, 0.1) is 0 Å². The lowest BCUT2D eigenvalue weighted by atomic mass is 9.60. The van der Waals surface area contributed by atoms with Crippen molar-refractivity contribution in [1.29, 1.82) is 0 Å². The molecule has 0 saturated heterocycles. The average molecular weight is 182 g/mol. The van der Waals surface area contributed by atoms with Crippen LogP contribution >= 0.6 is 0 Å². The zero-order valence-electron chi connectivity index (χ0n) is 9.84. The van der Waals surface area contributed by atoms with Gasteiger partial charge in [0.25, 0.3) is 0 Å². The average Bonchev–Trinajstić information content (AvgIpc) is 2.11. The van der Waals surface area contributed by atoms with E-state index in [-0.39, 0.29) is 0 Å². The molecule has 13 heavy (non-hydrogen) atoms. The minimum atomic E-state index is 0.955. The number of hydrogen-bond donors (Lipinski definition) is 0. The highest BCUT2D eigenvalue weighted by Gasteiger charge is 2.38. The Balaban J connectivity index is 2.29. The summed E-state index contributed by atoms with van der Waals surface area (Å²) in [6.45, 7) is 9.45. The molecule has 1 saturated carbocycles. The molecule has 0 bridgehead atoms. The topological polar surface area (TPSA) is 0 Å². The van der Waals surface area contributed by atoms with Gasteiger partial charge in [-0.05, 0) is 36.5 Å². The van der Waals surface area contributed by atoms with E-state index in [4.69, 9.17) is 0 Å². The fraction of sp³-hybridized carbons (Fsp3) is 1.00. The monoisotopic (exact) mass is 182 g/mol. The van der Waals surface area contributed by atoms with Gasteiger partial charge in [-0.3, -0.25) is 0 Å². The lowest BCUT2D eigenvalue weighted by molar-refractivity contribution is 0.0456. The zero-order valence-corrected chi connectivity index (χ0v) is 9.84. The minimum Gasteiger partial charge on any atom is -0.0651 e. The summed E-state index contributed by atoms with van der Waals surface area (Å²) in [5.41, 5.74) is 0. The SMILES string of the molecule is CCC(C)CC1CC(CC)C1CC. The molecule has 1 rings (SSSR count). The smallest absolute Gasteiger partial charge is 0.0360 e. The molecule has 0 amide bonds. The first-order valence-corrected chi connectivity index (χ1v) is 6.22. The summed E-state index contributed by atoms with van der Waals surface area (Å²) in [5.74, 6) is 4.17. The van der Waals surface area contributed by atoms with Gasteiger partial charge in [-0.15, -0.1) is 0 Å². The maximum atomic E-state index is 2.41. The molecular weight excluding hydrogens is 156 g/mol. The van der Waals surface area contributed by atoms with E-state index in [0.29, 0.717) is 0 Å². The first-order valence-electron chi connectivity index (χ1n) is 6.22. The van der Waals surface area contributed by atoms with Crippen LogP contribution in [-0.2, 0) is 0 Å². The molecule has 1 fully saturated rings. The highest BCUT2D eigenvalue weighted by atomic mass is 14.4. The Bertz CT molecular complexity index is 139. The second-order valence-corrected chi connectivity index (χ2v) is 4.99. The van der Waals surface area contributed by atoms with Crippen molar-refractivity contribution < 1.29 is 0 Å². The van der Waals surface area contributed by atoms with Gasteiger partial charge >= 0.3 is 0 Å². The minimum absolute atomic E-state index is 0.955. The van der Waals surface area contributed by atoms with E-state index < -0.39 is 0 Å². The predicted molar refractivity (Wildman–Crippen MR) is 59.7 cm³/mol. The van der Waals surface area contributed by atoms with Gasteiger partial charge < -0.3 is 0 Å². The van der Waals surface area contributed by atoms with Crippen molar-refractivity contribution in [1.82, 2.24) is 0 Å². The molecule has 0 heteroatoms. The largest absolute Gasteiger partial charge is 0.0651 e. The Morgan fingerprint density at radius 2 is 1.77 bits per heavy atom. The third-order valence-corrected chi connectivity index (χ3v) is 4.21. The molecule has 0 aliphatic heterocycles. The Labute approximate surface area is 84.1 Å². The van der Waals surface area contributed by atoms with Crippen molar-refractivity contribution >= 4 is 0 Å². The quantitative estimate of drug-likeness (QED) is 0.587. The van der Waals surface area contributed by atoms with Gasteiger partial charge in [-0.25, -0.2) is 0 Å².